The smallest absolute Gasteiger partial charge is 0.313 e. The van der Waals surface area contributed by atoms with Crippen LogP contribution in [-0.4, -0.2) is 27.6 Å². The zero-order valence-corrected chi connectivity index (χ0v) is 9.91. The number of methoxy groups -OCH3 is 1. The third kappa shape index (κ3) is 2.02. The number of imidazole rings is 1. The van der Waals surface area contributed by atoms with E-state index in [9.17, 15) is 14.9 Å². The summed E-state index contributed by atoms with van der Waals surface area (Å²) < 4.78 is 6.28. The van der Waals surface area contributed by atoms with Gasteiger partial charge in [0.15, 0.2) is 0 Å². The molecule has 0 aliphatic heterocycles. The largest absolute Gasteiger partial charge is 0.469 e. The molecule has 7 heteroatoms. The third-order valence-electron chi connectivity index (χ3n) is 2.70. The summed E-state index contributed by atoms with van der Waals surface area (Å²) in [6, 6.07) is 4.41. The van der Waals surface area contributed by atoms with Gasteiger partial charge in [0.05, 0.1) is 23.1 Å². The van der Waals surface area contributed by atoms with Crippen LogP contribution in [0.25, 0.3) is 11.0 Å². The summed E-state index contributed by atoms with van der Waals surface area (Å²) in [6.07, 6.45) is 0.0372. The predicted molar refractivity (Wildman–Crippen MR) is 63.1 cm³/mol. The number of nitro benzene ring substituents is 1. The molecule has 0 unspecified atom stereocenters. The Kier molecular flexibility index (Phi) is 2.97. The molecule has 94 valence electrons. The Hall–Kier alpha value is -2.44. The number of nitrogens with zero attached hydrogens (tertiary/aromatic N) is 3. The number of esters is 1. The maximum atomic E-state index is 11.2. The van der Waals surface area contributed by atoms with Crippen molar-refractivity contribution in [1.82, 2.24) is 9.55 Å². The van der Waals surface area contributed by atoms with Crippen LogP contribution in [0.1, 0.15) is 5.82 Å². The SMILES string of the molecule is COC(=O)Cc1nc2cc([N+](=O)[O-])ccc2n1C. The highest BCUT2D eigenvalue weighted by atomic mass is 16.6. The molecule has 0 bridgehead atoms. The summed E-state index contributed by atoms with van der Waals surface area (Å²) in [4.78, 5) is 25.6. The molecule has 2 rings (SSSR count). The lowest BCUT2D eigenvalue weighted by Gasteiger charge is -2.00. The lowest BCUT2D eigenvalue weighted by Crippen LogP contribution is -2.09. The first-order chi connectivity index (χ1) is 8.52. The van der Waals surface area contributed by atoms with Crippen molar-refractivity contribution in [1.29, 1.82) is 0 Å². The molecular weight excluding hydrogens is 238 g/mol. The molecule has 1 aromatic heterocycles. The highest BCUT2D eigenvalue weighted by Crippen LogP contribution is 2.21. The zero-order chi connectivity index (χ0) is 13.3. The number of benzene rings is 1. The molecule has 0 saturated heterocycles. The van der Waals surface area contributed by atoms with Crippen molar-refractivity contribution in [3.63, 3.8) is 0 Å². The van der Waals surface area contributed by atoms with Gasteiger partial charge < -0.3 is 9.30 Å². The van der Waals surface area contributed by atoms with Gasteiger partial charge in [-0.1, -0.05) is 0 Å². The Morgan fingerprint density at radius 1 is 1.56 bits per heavy atom. The van der Waals surface area contributed by atoms with Crippen molar-refractivity contribution < 1.29 is 14.5 Å². The van der Waals surface area contributed by atoms with Crippen LogP contribution >= 0.6 is 0 Å². The van der Waals surface area contributed by atoms with E-state index in [1.807, 2.05) is 0 Å². The van der Waals surface area contributed by atoms with E-state index in [1.165, 1.54) is 19.2 Å². The Morgan fingerprint density at radius 3 is 2.89 bits per heavy atom. The number of non-ortho nitro benzene ring substituents is 1. The number of aromatic nitrogens is 2. The van der Waals surface area contributed by atoms with Crippen LogP contribution in [0, 0.1) is 10.1 Å². The van der Waals surface area contributed by atoms with E-state index >= 15 is 0 Å². The fraction of sp³-hybridized carbons (Fsp3) is 0.273. The Bertz CT molecular complexity index is 632. The van der Waals surface area contributed by atoms with Gasteiger partial charge in [-0.25, -0.2) is 4.98 Å². The van der Waals surface area contributed by atoms with Crippen LogP contribution in [-0.2, 0) is 23.0 Å². The van der Waals surface area contributed by atoms with E-state index in [0.29, 0.717) is 11.3 Å². The minimum atomic E-state index is -0.478. The van der Waals surface area contributed by atoms with E-state index in [0.717, 1.165) is 5.52 Å². The normalized spacial score (nSPS) is 10.6. The topological polar surface area (TPSA) is 87.3 Å². The number of carbonyl (C=O) groups excluding carboxylic acids is 1. The molecule has 0 fully saturated rings. The van der Waals surface area contributed by atoms with E-state index in [-0.39, 0.29) is 12.1 Å². The van der Waals surface area contributed by atoms with Crippen molar-refractivity contribution in [2.45, 2.75) is 6.42 Å². The fourth-order valence-electron chi connectivity index (χ4n) is 1.71. The second kappa shape index (κ2) is 4.44. The number of hydrogen-bond acceptors (Lipinski definition) is 5. The quantitative estimate of drug-likeness (QED) is 0.463. The average Bonchev–Trinajstić information content (AvgIpc) is 2.65. The van der Waals surface area contributed by atoms with Gasteiger partial charge in [-0.2, -0.15) is 0 Å². The number of rotatable bonds is 3. The first-order valence-corrected chi connectivity index (χ1v) is 5.19. The van der Waals surface area contributed by atoms with Crippen molar-refractivity contribution >= 4 is 22.7 Å². The molecule has 0 saturated carbocycles. The summed E-state index contributed by atoms with van der Waals surface area (Å²) in [5.74, 6) is 0.111. The first-order valence-electron chi connectivity index (χ1n) is 5.19. The summed E-state index contributed by atoms with van der Waals surface area (Å²) in [6.45, 7) is 0. The molecule has 2 aromatic rings. The maximum Gasteiger partial charge on any atom is 0.313 e. The monoisotopic (exact) mass is 249 g/mol. The number of hydrogen-bond donors (Lipinski definition) is 0. The summed E-state index contributed by atoms with van der Waals surface area (Å²) in [5, 5.41) is 10.7. The number of carbonyl (C=O) groups is 1. The van der Waals surface area contributed by atoms with Crippen molar-refractivity contribution in [2.24, 2.45) is 7.05 Å². The Morgan fingerprint density at radius 2 is 2.28 bits per heavy atom. The van der Waals surface area contributed by atoms with Crippen LogP contribution in [0.5, 0.6) is 0 Å². The molecule has 1 aromatic carbocycles. The minimum Gasteiger partial charge on any atom is -0.469 e. The highest BCUT2D eigenvalue weighted by Gasteiger charge is 2.14. The van der Waals surface area contributed by atoms with Crippen molar-refractivity contribution in [3.05, 3.63) is 34.1 Å². The first kappa shape index (κ1) is 12.0. The molecule has 0 radical (unpaired) electrons. The van der Waals surface area contributed by atoms with E-state index in [4.69, 9.17) is 0 Å². The summed E-state index contributed by atoms with van der Waals surface area (Å²) >= 11 is 0. The standard InChI is InChI=1S/C11H11N3O4/c1-13-9-4-3-7(14(16)17)5-8(9)12-10(13)6-11(15)18-2/h3-5H,6H2,1-2H3. The van der Waals surface area contributed by atoms with Gasteiger partial charge in [0.25, 0.3) is 5.69 Å². The molecule has 0 amide bonds. The molecule has 1 heterocycles. The van der Waals surface area contributed by atoms with Gasteiger partial charge in [0.1, 0.15) is 12.2 Å². The number of ether oxygens (including phenoxy) is 1. The summed E-state index contributed by atoms with van der Waals surface area (Å²) in [7, 11) is 3.05. The van der Waals surface area contributed by atoms with Gasteiger partial charge >= 0.3 is 5.97 Å². The van der Waals surface area contributed by atoms with Gasteiger partial charge in [-0.15, -0.1) is 0 Å². The summed E-state index contributed by atoms with van der Waals surface area (Å²) in [5.41, 5.74) is 1.20. The molecule has 18 heavy (non-hydrogen) atoms. The minimum absolute atomic E-state index is 0.0229. The van der Waals surface area contributed by atoms with Gasteiger partial charge in [0, 0.05) is 19.2 Å². The van der Waals surface area contributed by atoms with Crippen LogP contribution in [0.2, 0.25) is 0 Å². The van der Waals surface area contributed by atoms with Crippen LogP contribution in [0.15, 0.2) is 18.2 Å². The molecule has 0 aliphatic rings. The number of aryl methyl sites for hydroxylation is 1. The third-order valence-corrected chi connectivity index (χ3v) is 2.70. The van der Waals surface area contributed by atoms with Crippen LogP contribution in [0.4, 0.5) is 5.69 Å². The van der Waals surface area contributed by atoms with Gasteiger partial charge in [-0.3, -0.25) is 14.9 Å². The second-order valence-corrected chi connectivity index (χ2v) is 3.77. The van der Waals surface area contributed by atoms with Crippen molar-refractivity contribution in [2.75, 3.05) is 7.11 Å². The second-order valence-electron chi connectivity index (χ2n) is 3.77. The molecule has 0 atom stereocenters. The molecule has 7 nitrogen and oxygen atoms in total. The lowest BCUT2D eigenvalue weighted by atomic mass is 10.3. The fourth-order valence-corrected chi connectivity index (χ4v) is 1.71. The van der Waals surface area contributed by atoms with E-state index < -0.39 is 10.9 Å². The Labute approximate surface area is 102 Å². The Balaban J connectivity index is 2.48. The zero-order valence-electron chi connectivity index (χ0n) is 9.91. The van der Waals surface area contributed by atoms with E-state index in [2.05, 4.69) is 9.72 Å². The maximum absolute atomic E-state index is 11.2. The van der Waals surface area contributed by atoms with Crippen LogP contribution in [0.3, 0.4) is 0 Å². The number of fused-ring (bicyclic) bond motifs is 1. The molecule has 0 aliphatic carbocycles. The van der Waals surface area contributed by atoms with Crippen molar-refractivity contribution in [3.8, 4) is 0 Å². The van der Waals surface area contributed by atoms with Gasteiger partial charge in [-0.05, 0) is 6.07 Å². The lowest BCUT2D eigenvalue weighted by molar-refractivity contribution is -0.384. The highest BCUT2D eigenvalue weighted by molar-refractivity contribution is 5.80. The number of nitro groups is 1. The average molecular weight is 249 g/mol. The van der Waals surface area contributed by atoms with Gasteiger partial charge in [0.2, 0.25) is 0 Å². The molecule has 0 spiro atoms. The van der Waals surface area contributed by atoms with E-state index in [1.54, 1.807) is 17.7 Å². The molecule has 0 N–H and O–H groups in total. The van der Waals surface area contributed by atoms with Crippen LogP contribution < -0.4 is 0 Å². The molecular formula is C11H11N3O4. The predicted octanol–water partition coefficient (Wildman–Crippen LogP) is 1.20.